The Bertz CT molecular complexity index is 1240. The topological polar surface area (TPSA) is 52.3 Å². The summed E-state index contributed by atoms with van der Waals surface area (Å²) in [5.74, 6) is 2.44. The minimum absolute atomic E-state index is 0.507. The summed E-state index contributed by atoms with van der Waals surface area (Å²) in [6.45, 7) is 4.72. The summed E-state index contributed by atoms with van der Waals surface area (Å²) in [5, 5.41) is 14.3. The van der Waals surface area contributed by atoms with Crippen LogP contribution in [0.5, 0.6) is 5.75 Å². The summed E-state index contributed by atoms with van der Waals surface area (Å²) in [4.78, 5) is 0. The molecule has 0 amide bonds. The molecule has 0 bridgehead atoms. The lowest BCUT2D eigenvalue weighted by atomic mass is 10.1. The zero-order chi connectivity index (χ0) is 23.8. The molecule has 0 aliphatic carbocycles. The molecule has 174 valence electrons. The van der Waals surface area contributed by atoms with Gasteiger partial charge in [-0.15, -0.1) is 10.2 Å². The molecular formula is C27H27BrN4OS. The van der Waals surface area contributed by atoms with Gasteiger partial charge in [0.15, 0.2) is 5.82 Å². The van der Waals surface area contributed by atoms with Crippen LogP contribution >= 0.6 is 27.7 Å². The molecule has 4 aromatic rings. The van der Waals surface area contributed by atoms with Crippen LogP contribution in [0.25, 0.3) is 0 Å². The lowest BCUT2D eigenvalue weighted by molar-refractivity contribution is 0.306. The first-order valence-corrected chi connectivity index (χ1v) is 13.0. The zero-order valence-corrected chi connectivity index (χ0v) is 21.7. The van der Waals surface area contributed by atoms with Crippen LogP contribution in [0.15, 0.2) is 87.5 Å². The summed E-state index contributed by atoms with van der Waals surface area (Å²) in [7, 11) is 0. The van der Waals surface area contributed by atoms with E-state index in [2.05, 4.69) is 88.5 Å². The van der Waals surface area contributed by atoms with Crippen LogP contribution in [0.1, 0.15) is 41.4 Å². The van der Waals surface area contributed by atoms with Crippen molar-refractivity contribution in [2.75, 3.05) is 0 Å². The van der Waals surface area contributed by atoms with Gasteiger partial charge in [0.05, 0.1) is 6.21 Å². The first kappa shape index (κ1) is 24.2. The van der Waals surface area contributed by atoms with E-state index in [0.29, 0.717) is 6.61 Å². The van der Waals surface area contributed by atoms with Crippen molar-refractivity contribution < 1.29 is 4.74 Å². The van der Waals surface area contributed by atoms with E-state index < -0.39 is 0 Å². The molecule has 0 spiro atoms. The standard InChI is InChI=1S/C27H27BrN4OS/c1-3-6-26-30-31-27(34-19-22-13-15-24(28)16-14-22)32(26)29-17-23-7-4-5-8-25(23)33-18-21-11-9-20(2)10-12-21/h4-5,7-17H,3,6,18-19H2,1-2H3/b29-17+. The third-order valence-corrected chi connectivity index (χ3v) is 6.70. The smallest absolute Gasteiger partial charge is 0.212 e. The van der Waals surface area contributed by atoms with Gasteiger partial charge in [0.1, 0.15) is 12.4 Å². The lowest BCUT2D eigenvalue weighted by Crippen LogP contribution is -2.02. The Morgan fingerprint density at radius 2 is 1.71 bits per heavy atom. The molecule has 4 rings (SSSR count). The van der Waals surface area contributed by atoms with E-state index >= 15 is 0 Å². The van der Waals surface area contributed by atoms with Gasteiger partial charge in [0, 0.05) is 22.2 Å². The number of hydrogen-bond donors (Lipinski definition) is 0. The van der Waals surface area contributed by atoms with Crippen LogP contribution in [0.3, 0.4) is 0 Å². The fourth-order valence-electron chi connectivity index (χ4n) is 3.29. The van der Waals surface area contributed by atoms with E-state index in [1.807, 2.05) is 35.2 Å². The Morgan fingerprint density at radius 1 is 0.971 bits per heavy atom. The summed E-state index contributed by atoms with van der Waals surface area (Å²) < 4.78 is 9.04. The minimum Gasteiger partial charge on any atom is -0.488 e. The lowest BCUT2D eigenvalue weighted by Gasteiger charge is -2.10. The van der Waals surface area contributed by atoms with Gasteiger partial charge in [0.25, 0.3) is 0 Å². The maximum absolute atomic E-state index is 6.12. The SMILES string of the molecule is CCCc1nnc(SCc2ccc(Br)cc2)n1/N=C/c1ccccc1OCc1ccc(C)cc1. The summed E-state index contributed by atoms with van der Waals surface area (Å²) in [5.41, 5.74) is 4.50. The van der Waals surface area contributed by atoms with Gasteiger partial charge in [-0.2, -0.15) is 9.78 Å². The van der Waals surface area contributed by atoms with E-state index in [-0.39, 0.29) is 0 Å². The van der Waals surface area contributed by atoms with E-state index in [0.717, 1.165) is 50.9 Å². The van der Waals surface area contributed by atoms with Gasteiger partial charge in [-0.3, -0.25) is 0 Å². The molecular weight excluding hydrogens is 508 g/mol. The second kappa shape index (κ2) is 12.0. The third kappa shape index (κ3) is 6.58. The van der Waals surface area contributed by atoms with Crippen molar-refractivity contribution in [1.82, 2.24) is 14.9 Å². The highest BCUT2D eigenvalue weighted by atomic mass is 79.9. The summed E-state index contributed by atoms with van der Waals surface area (Å²) in [6.07, 6.45) is 3.62. The Morgan fingerprint density at radius 3 is 2.47 bits per heavy atom. The molecule has 5 nitrogen and oxygen atoms in total. The van der Waals surface area contributed by atoms with Crippen molar-refractivity contribution in [3.8, 4) is 5.75 Å². The van der Waals surface area contributed by atoms with Gasteiger partial charge in [0.2, 0.25) is 5.16 Å². The molecule has 3 aromatic carbocycles. The van der Waals surface area contributed by atoms with E-state index in [4.69, 9.17) is 9.84 Å². The Kier molecular flexibility index (Phi) is 8.55. The van der Waals surface area contributed by atoms with Gasteiger partial charge < -0.3 is 4.74 Å². The first-order chi connectivity index (χ1) is 16.6. The molecule has 0 aliphatic heterocycles. The molecule has 0 saturated carbocycles. The van der Waals surface area contributed by atoms with Crippen LogP contribution in [0.2, 0.25) is 0 Å². The average molecular weight is 536 g/mol. The van der Waals surface area contributed by atoms with Gasteiger partial charge in [-0.1, -0.05) is 88.7 Å². The van der Waals surface area contributed by atoms with Crippen molar-refractivity contribution in [2.45, 2.75) is 44.2 Å². The predicted molar refractivity (Wildman–Crippen MR) is 143 cm³/mol. The Labute approximate surface area is 213 Å². The number of aryl methyl sites for hydroxylation is 2. The Balaban J connectivity index is 1.51. The van der Waals surface area contributed by atoms with E-state index in [1.165, 1.54) is 11.1 Å². The number of para-hydroxylation sites is 1. The molecule has 0 unspecified atom stereocenters. The number of ether oxygens (including phenoxy) is 1. The van der Waals surface area contributed by atoms with Crippen LogP contribution in [-0.4, -0.2) is 21.1 Å². The van der Waals surface area contributed by atoms with Crippen LogP contribution in [0.4, 0.5) is 0 Å². The number of benzene rings is 3. The first-order valence-electron chi connectivity index (χ1n) is 11.3. The molecule has 0 saturated heterocycles. The summed E-state index contributed by atoms with van der Waals surface area (Å²) in [6, 6.07) is 24.6. The van der Waals surface area contributed by atoms with E-state index in [1.54, 1.807) is 11.8 Å². The molecule has 1 aromatic heterocycles. The molecule has 0 radical (unpaired) electrons. The second-order valence-corrected chi connectivity index (χ2v) is 9.79. The molecule has 1 heterocycles. The highest BCUT2D eigenvalue weighted by molar-refractivity contribution is 9.10. The predicted octanol–water partition coefficient (Wildman–Crippen LogP) is 7.06. The molecule has 0 fully saturated rings. The van der Waals surface area contributed by atoms with Gasteiger partial charge in [-0.25, -0.2) is 0 Å². The largest absolute Gasteiger partial charge is 0.488 e. The average Bonchev–Trinajstić information content (AvgIpc) is 3.24. The highest BCUT2D eigenvalue weighted by Crippen LogP contribution is 2.24. The minimum atomic E-state index is 0.507. The van der Waals surface area contributed by atoms with Crippen molar-refractivity contribution in [3.05, 3.63) is 105 Å². The normalized spacial score (nSPS) is 11.3. The van der Waals surface area contributed by atoms with Gasteiger partial charge >= 0.3 is 0 Å². The molecule has 0 N–H and O–H groups in total. The van der Waals surface area contributed by atoms with Gasteiger partial charge in [-0.05, 0) is 48.7 Å². The second-order valence-electron chi connectivity index (χ2n) is 7.93. The fourth-order valence-corrected chi connectivity index (χ4v) is 4.42. The number of nitrogens with zero attached hydrogens (tertiary/aromatic N) is 4. The number of aromatic nitrogens is 3. The zero-order valence-electron chi connectivity index (χ0n) is 19.3. The monoisotopic (exact) mass is 534 g/mol. The maximum Gasteiger partial charge on any atom is 0.212 e. The summed E-state index contributed by atoms with van der Waals surface area (Å²) >= 11 is 5.12. The van der Waals surface area contributed by atoms with Crippen molar-refractivity contribution in [2.24, 2.45) is 5.10 Å². The van der Waals surface area contributed by atoms with Crippen molar-refractivity contribution in [3.63, 3.8) is 0 Å². The van der Waals surface area contributed by atoms with Crippen molar-refractivity contribution >= 4 is 33.9 Å². The number of rotatable bonds is 10. The number of halogens is 1. The molecule has 0 aliphatic rings. The highest BCUT2D eigenvalue weighted by Gasteiger charge is 2.12. The molecule has 34 heavy (non-hydrogen) atoms. The Hall–Kier alpha value is -2.90. The van der Waals surface area contributed by atoms with Crippen LogP contribution in [0, 0.1) is 6.92 Å². The van der Waals surface area contributed by atoms with Crippen molar-refractivity contribution in [1.29, 1.82) is 0 Å². The fraction of sp³-hybridized carbons (Fsp3) is 0.222. The van der Waals surface area contributed by atoms with Crippen LogP contribution < -0.4 is 4.74 Å². The van der Waals surface area contributed by atoms with Crippen LogP contribution in [-0.2, 0) is 18.8 Å². The number of thioether (sulfide) groups is 1. The van der Waals surface area contributed by atoms with E-state index in [9.17, 15) is 0 Å². The molecule has 0 atom stereocenters. The quantitative estimate of drug-likeness (QED) is 0.161. The number of hydrogen-bond acceptors (Lipinski definition) is 5. The third-order valence-electron chi connectivity index (χ3n) is 5.18. The molecule has 7 heteroatoms. The maximum atomic E-state index is 6.12.